The number of fused-ring (bicyclic) bond motifs is 3. The number of aliphatic hydroxyl groups excluding tert-OH is 1. The third-order valence-corrected chi connectivity index (χ3v) is 8.27. The molecule has 8 heteroatoms. The fourth-order valence-corrected chi connectivity index (χ4v) is 6.01. The van der Waals surface area contributed by atoms with E-state index in [-0.39, 0.29) is 12.7 Å². The largest absolute Gasteiger partial charge is 0.410 e. The highest BCUT2D eigenvalue weighted by atomic mass is 28.4. The summed E-state index contributed by atoms with van der Waals surface area (Å²) in [5.41, 5.74) is 0. The summed E-state index contributed by atoms with van der Waals surface area (Å²) in [4.78, 5) is 0. The second-order valence-corrected chi connectivity index (χ2v) is 13.3. The van der Waals surface area contributed by atoms with Gasteiger partial charge in [-0.3, -0.25) is 0 Å². The van der Waals surface area contributed by atoms with Gasteiger partial charge in [-0.2, -0.15) is 0 Å². The Bertz CT molecular complexity index is 723. The summed E-state index contributed by atoms with van der Waals surface area (Å²) >= 11 is 0. The summed E-state index contributed by atoms with van der Waals surface area (Å²) in [6, 6.07) is 10.1. The number of benzene rings is 1. The lowest BCUT2D eigenvalue weighted by molar-refractivity contribution is -0.254. The second-order valence-electron chi connectivity index (χ2n) is 9.39. The average Bonchev–Trinajstić information content (AvgIpc) is 3.13. The third kappa shape index (κ3) is 4.31. The molecule has 0 spiro atoms. The van der Waals surface area contributed by atoms with Crippen molar-refractivity contribution in [2.75, 3.05) is 6.61 Å². The van der Waals surface area contributed by atoms with Crippen LogP contribution in [0, 0.1) is 0 Å². The van der Waals surface area contributed by atoms with Gasteiger partial charge in [-0.1, -0.05) is 30.3 Å². The van der Waals surface area contributed by atoms with Gasteiger partial charge in [0, 0.05) is 0 Å². The van der Waals surface area contributed by atoms with Crippen molar-refractivity contribution in [2.45, 2.75) is 89.2 Å². The van der Waals surface area contributed by atoms with E-state index in [1.54, 1.807) is 0 Å². The predicted molar refractivity (Wildman–Crippen MR) is 108 cm³/mol. The van der Waals surface area contributed by atoms with Crippen LogP contribution >= 0.6 is 0 Å². The van der Waals surface area contributed by atoms with E-state index in [2.05, 4.69) is 25.2 Å². The quantitative estimate of drug-likeness (QED) is 0.723. The van der Waals surface area contributed by atoms with Crippen molar-refractivity contribution in [1.82, 2.24) is 0 Å². The molecule has 3 aliphatic heterocycles. The Kier molecular flexibility index (Phi) is 5.45. The van der Waals surface area contributed by atoms with Crippen LogP contribution in [0.25, 0.3) is 0 Å². The van der Waals surface area contributed by atoms with Gasteiger partial charge in [0.05, 0.1) is 6.61 Å². The van der Waals surface area contributed by atoms with E-state index in [0.717, 1.165) is 0 Å². The van der Waals surface area contributed by atoms with Crippen LogP contribution in [0.3, 0.4) is 0 Å². The number of hydrogen-bond donors (Lipinski definition) is 1. The van der Waals surface area contributed by atoms with Crippen LogP contribution in [0.2, 0.25) is 13.1 Å². The maximum absolute atomic E-state index is 11.0. The lowest BCUT2D eigenvalue weighted by atomic mass is 9.96. The standard InChI is InChI=1S/C21H32O7Si/c1-20(2)25-16-15(24-19-18(17(16)26-20)27-21(3,4)28-19)14(22)12-23-29(5,6)13-10-8-7-9-11-13/h7-11,14-19,22H,12H2,1-6H3/t14-,15-,16+,17+,18-,19-/m1/s1. The molecular formula is C21H32O7Si. The Morgan fingerprint density at radius 2 is 1.52 bits per heavy atom. The minimum absolute atomic E-state index is 0.146. The Hall–Kier alpha value is -0.843. The van der Waals surface area contributed by atoms with Crippen molar-refractivity contribution in [2.24, 2.45) is 0 Å². The molecular weight excluding hydrogens is 392 g/mol. The fraction of sp³-hybridized carbons (Fsp3) is 0.714. The minimum Gasteiger partial charge on any atom is -0.410 e. The van der Waals surface area contributed by atoms with Crippen molar-refractivity contribution in [3.8, 4) is 0 Å². The normalized spacial score (nSPS) is 36.4. The summed E-state index contributed by atoms with van der Waals surface area (Å²) in [6.45, 7) is 11.8. The van der Waals surface area contributed by atoms with Gasteiger partial charge in [-0.05, 0) is 46.0 Å². The zero-order valence-electron chi connectivity index (χ0n) is 18.0. The van der Waals surface area contributed by atoms with Gasteiger partial charge in [-0.15, -0.1) is 0 Å². The Labute approximate surface area is 173 Å². The highest BCUT2D eigenvalue weighted by Crippen LogP contribution is 2.44. The molecule has 3 fully saturated rings. The van der Waals surface area contributed by atoms with Crippen LogP contribution in [0.15, 0.2) is 30.3 Å². The highest BCUT2D eigenvalue weighted by Gasteiger charge is 2.61. The van der Waals surface area contributed by atoms with Crippen LogP contribution in [0.4, 0.5) is 0 Å². The fourth-order valence-electron chi connectivity index (χ4n) is 4.26. The first-order valence-corrected chi connectivity index (χ1v) is 13.1. The van der Waals surface area contributed by atoms with Crippen LogP contribution in [0.5, 0.6) is 0 Å². The highest BCUT2D eigenvalue weighted by molar-refractivity contribution is 6.84. The van der Waals surface area contributed by atoms with Gasteiger partial charge >= 0.3 is 0 Å². The zero-order chi connectivity index (χ0) is 21.0. The SMILES string of the molecule is CC1(C)O[C@@H]2[C@H](O1)[C@H]1OC(C)(C)O[C@H]1O[C@@H]2[C@H](O)CO[Si](C)(C)c1ccccc1. The minimum atomic E-state index is -2.16. The van der Waals surface area contributed by atoms with E-state index in [9.17, 15) is 5.11 Å². The molecule has 29 heavy (non-hydrogen) atoms. The Morgan fingerprint density at radius 3 is 2.21 bits per heavy atom. The van der Waals surface area contributed by atoms with Crippen molar-refractivity contribution in [3.63, 3.8) is 0 Å². The molecule has 0 radical (unpaired) electrons. The molecule has 3 aliphatic rings. The van der Waals surface area contributed by atoms with Crippen molar-refractivity contribution < 1.29 is 33.2 Å². The van der Waals surface area contributed by atoms with E-state index in [0.29, 0.717) is 0 Å². The first-order chi connectivity index (χ1) is 13.5. The smallest absolute Gasteiger partial charge is 0.218 e. The second kappa shape index (κ2) is 7.39. The molecule has 7 nitrogen and oxygen atoms in total. The maximum Gasteiger partial charge on any atom is 0.218 e. The van der Waals surface area contributed by atoms with Crippen molar-refractivity contribution in [3.05, 3.63) is 30.3 Å². The van der Waals surface area contributed by atoms with Gasteiger partial charge < -0.3 is 33.2 Å². The number of rotatable bonds is 5. The maximum atomic E-state index is 11.0. The number of hydrogen-bond acceptors (Lipinski definition) is 7. The monoisotopic (exact) mass is 424 g/mol. The molecule has 0 bridgehead atoms. The molecule has 0 aliphatic carbocycles. The molecule has 0 unspecified atom stereocenters. The summed E-state index contributed by atoms with van der Waals surface area (Å²) in [5.74, 6) is -1.57. The van der Waals surface area contributed by atoms with Gasteiger partial charge in [0.1, 0.15) is 30.5 Å². The predicted octanol–water partition coefficient (Wildman–Crippen LogP) is 1.87. The van der Waals surface area contributed by atoms with Crippen LogP contribution in [0.1, 0.15) is 27.7 Å². The van der Waals surface area contributed by atoms with E-state index in [4.69, 9.17) is 28.1 Å². The molecule has 1 N–H and O–H groups in total. The molecule has 0 aromatic heterocycles. The lowest BCUT2D eigenvalue weighted by Crippen LogP contribution is -2.59. The van der Waals surface area contributed by atoms with Crippen molar-refractivity contribution >= 4 is 13.5 Å². The molecule has 162 valence electrons. The number of ether oxygens (including phenoxy) is 5. The van der Waals surface area contributed by atoms with Gasteiger partial charge in [0.15, 0.2) is 17.9 Å². The molecule has 3 saturated heterocycles. The summed E-state index contributed by atoms with van der Waals surface area (Å²) < 4.78 is 36.4. The molecule has 0 amide bonds. The molecule has 1 aromatic rings. The van der Waals surface area contributed by atoms with E-state index >= 15 is 0 Å². The Balaban J connectivity index is 1.48. The molecule has 3 heterocycles. The topological polar surface area (TPSA) is 75.6 Å². The average molecular weight is 425 g/mol. The lowest BCUT2D eigenvalue weighted by Gasteiger charge is -2.39. The van der Waals surface area contributed by atoms with Crippen LogP contribution in [-0.4, -0.2) is 68.4 Å². The van der Waals surface area contributed by atoms with E-state index in [1.807, 2.05) is 45.9 Å². The third-order valence-electron chi connectivity index (χ3n) is 5.65. The van der Waals surface area contributed by atoms with Crippen LogP contribution in [-0.2, 0) is 28.1 Å². The molecule has 1 aromatic carbocycles. The molecule has 0 saturated carbocycles. The van der Waals surface area contributed by atoms with E-state index < -0.39 is 50.6 Å². The molecule has 6 atom stereocenters. The van der Waals surface area contributed by atoms with Gasteiger partial charge in [0.25, 0.3) is 0 Å². The van der Waals surface area contributed by atoms with Crippen LogP contribution < -0.4 is 5.19 Å². The number of aliphatic hydroxyl groups is 1. The first-order valence-electron chi connectivity index (χ1n) is 10.2. The van der Waals surface area contributed by atoms with E-state index in [1.165, 1.54) is 5.19 Å². The zero-order valence-corrected chi connectivity index (χ0v) is 19.0. The summed E-state index contributed by atoms with van der Waals surface area (Å²) in [7, 11) is -2.16. The summed E-state index contributed by atoms with van der Waals surface area (Å²) in [5, 5.41) is 12.2. The van der Waals surface area contributed by atoms with Crippen molar-refractivity contribution in [1.29, 1.82) is 0 Å². The summed E-state index contributed by atoms with van der Waals surface area (Å²) in [6.07, 6.45) is -3.41. The first kappa shape index (κ1) is 21.4. The Morgan fingerprint density at radius 1 is 0.931 bits per heavy atom. The van der Waals surface area contributed by atoms with Gasteiger partial charge in [0.2, 0.25) is 8.32 Å². The van der Waals surface area contributed by atoms with Gasteiger partial charge in [-0.25, -0.2) is 0 Å². The molecule has 4 rings (SSSR count).